The number of piperidine rings is 1. The highest BCUT2D eigenvalue weighted by Gasteiger charge is 2.21. The number of aryl methyl sites for hydroxylation is 1. The molecule has 0 bridgehead atoms. The second-order valence-electron chi connectivity index (χ2n) is 4.58. The minimum atomic E-state index is -0.167. The summed E-state index contributed by atoms with van der Waals surface area (Å²) < 4.78 is 5.24. The standard InChI is InChI=1S/C14H19NO2/c1-11-5-3-4-6-14(11)15-9-7-13(8-10-15)17-12(2)16/h3-6,13H,7-10H2,1-2H3. The zero-order valence-corrected chi connectivity index (χ0v) is 10.5. The number of esters is 1. The number of hydrogen-bond acceptors (Lipinski definition) is 3. The van der Waals surface area contributed by atoms with Gasteiger partial charge in [-0.2, -0.15) is 0 Å². The molecule has 0 N–H and O–H groups in total. The Morgan fingerprint density at radius 3 is 2.53 bits per heavy atom. The number of benzene rings is 1. The maximum Gasteiger partial charge on any atom is 0.302 e. The molecule has 2 rings (SSSR count). The summed E-state index contributed by atoms with van der Waals surface area (Å²) in [6, 6.07) is 8.42. The monoisotopic (exact) mass is 233 g/mol. The quantitative estimate of drug-likeness (QED) is 0.735. The van der Waals surface area contributed by atoms with Gasteiger partial charge in [0.2, 0.25) is 0 Å². The molecule has 0 atom stereocenters. The molecular weight excluding hydrogens is 214 g/mol. The Morgan fingerprint density at radius 2 is 1.94 bits per heavy atom. The Bertz CT molecular complexity index is 395. The lowest BCUT2D eigenvalue weighted by Gasteiger charge is -2.34. The third-order valence-electron chi connectivity index (χ3n) is 3.23. The maximum atomic E-state index is 10.9. The Kier molecular flexibility index (Phi) is 3.67. The predicted octanol–water partition coefficient (Wildman–Crippen LogP) is 2.53. The lowest BCUT2D eigenvalue weighted by Crippen LogP contribution is -2.37. The van der Waals surface area contributed by atoms with Gasteiger partial charge in [0.15, 0.2) is 0 Å². The molecule has 1 aliphatic heterocycles. The van der Waals surface area contributed by atoms with Crippen molar-refractivity contribution >= 4 is 11.7 Å². The molecule has 0 saturated carbocycles. The summed E-state index contributed by atoms with van der Waals surface area (Å²) in [7, 11) is 0. The van der Waals surface area contributed by atoms with Crippen LogP contribution >= 0.6 is 0 Å². The minimum absolute atomic E-state index is 0.104. The second-order valence-corrected chi connectivity index (χ2v) is 4.58. The molecule has 0 amide bonds. The highest BCUT2D eigenvalue weighted by atomic mass is 16.5. The van der Waals surface area contributed by atoms with Crippen molar-refractivity contribution in [2.24, 2.45) is 0 Å². The van der Waals surface area contributed by atoms with E-state index in [2.05, 4.69) is 36.1 Å². The van der Waals surface area contributed by atoms with E-state index in [-0.39, 0.29) is 12.1 Å². The molecule has 1 aromatic carbocycles. The third-order valence-corrected chi connectivity index (χ3v) is 3.23. The summed E-state index contributed by atoms with van der Waals surface area (Å²) in [6.07, 6.45) is 1.95. The first-order valence-corrected chi connectivity index (χ1v) is 6.14. The molecule has 1 aliphatic rings. The molecule has 1 aromatic rings. The summed E-state index contributed by atoms with van der Waals surface area (Å²) in [5.74, 6) is -0.167. The van der Waals surface area contributed by atoms with Crippen molar-refractivity contribution in [2.45, 2.75) is 32.8 Å². The van der Waals surface area contributed by atoms with Gasteiger partial charge in [0.1, 0.15) is 6.10 Å². The number of nitrogens with zero attached hydrogens (tertiary/aromatic N) is 1. The highest BCUT2D eigenvalue weighted by molar-refractivity contribution is 5.66. The van der Waals surface area contributed by atoms with E-state index < -0.39 is 0 Å². The number of carbonyl (C=O) groups excluding carboxylic acids is 1. The first-order valence-electron chi connectivity index (χ1n) is 6.14. The topological polar surface area (TPSA) is 29.5 Å². The van der Waals surface area contributed by atoms with Crippen LogP contribution < -0.4 is 4.90 Å². The number of anilines is 1. The lowest BCUT2D eigenvalue weighted by molar-refractivity contribution is -0.147. The van der Waals surface area contributed by atoms with Crippen molar-refractivity contribution < 1.29 is 9.53 Å². The highest BCUT2D eigenvalue weighted by Crippen LogP contribution is 2.24. The van der Waals surface area contributed by atoms with E-state index in [1.165, 1.54) is 18.2 Å². The van der Waals surface area contributed by atoms with Crippen LogP contribution in [0.25, 0.3) is 0 Å². The van der Waals surface area contributed by atoms with Gasteiger partial charge >= 0.3 is 5.97 Å². The number of carbonyl (C=O) groups is 1. The normalized spacial score (nSPS) is 16.9. The van der Waals surface area contributed by atoms with Crippen molar-refractivity contribution in [3.05, 3.63) is 29.8 Å². The van der Waals surface area contributed by atoms with Crippen LogP contribution in [0.3, 0.4) is 0 Å². The lowest BCUT2D eigenvalue weighted by atomic mass is 10.1. The Hall–Kier alpha value is -1.51. The molecule has 17 heavy (non-hydrogen) atoms. The largest absolute Gasteiger partial charge is 0.462 e. The molecule has 1 heterocycles. The molecule has 3 nitrogen and oxygen atoms in total. The van der Waals surface area contributed by atoms with Gasteiger partial charge in [-0.05, 0) is 18.6 Å². The van der Waals surface area contributed by atoms with Gasteiger partial charge in [0.05, 0.1) is 0 Å². The molecule has 0 aliphatic carbocycles. The number of rotatable bonds is 2. The van der Waals surface area contributed by atoms with Crippen molar-refractivity contribution in [1.82, 2.24) is 0 Å². The first-order chi connectivity index (χ1) is 8.16. The van der Waals surface area contributed by atoms with Crippen LogP contribution in [-0.2, 0) is 9.53 Å². The van der Waals surface area contributed by atoms with Crippen LogP contribution in [0, 0.1) is 6.92 Å². The van der Waals surface area contributed by atoms with Gasteiger partial charge in [0, 0.05) is 38.5 Å². The molecular formula is C14H19NO2. The molecule has 0 radical (unpaired) electrons. The van der Waals surface area contributed by atoms with Gasteiger partial charge in [0.25, 0.3) is 0 Å². The first kappa shape index (κ1) is 12.0. The molecule has 0 spiro atoms. The SMILES string of the molecule is CC(=O)OC1CCN(c2ccccc2C)CC1. The molecule has 1 fully saturated rings. The van der Waals surface area contributed by atoms with Crippen molar-refractivity contribution in [2.75, 3.05) is 18.0 Å². The second kappa shape index (κ2) is 5.21. The number of ether oxygens (including phenoxy) is 1. The molecule has 1 saturated heterocycles. The number of para-hydroxylation sites is 1. The maximum absolute atomic E-state index is 10.9. The van der Waals surface area contributed by atoms with Crippen molar-refractivity contribution in [3.8, 4) is 0 Å². The fourth-order valence-corrected chi connectivity index (χ4v) is 2.37. The van der Waals surface area contributed by atoms with Gasteiger partial charge in [-0.15, -0.1) is 0 Å². The van der Waals surface area contributed by atoms with Gasteiger partial charge in [-0.1, -0.05) is 18.2 Å². The predicted molar refractivity (Wildman–Crippen MR) is 68.2 cm³/mol. The Morgan fingerprint density at radius 1 is 1.29 bits per heavy atom. The average molecular weight is 233 g/mol. The van der Waals surface area contributed by atoms with E-state index in [0.717, 1.165) is 25.9 Å². The summed E-state index contributed by atoms with van der Waals surface area (Å²) in [5.41, 5.74) is 2.60. The fourth-order valence-electron chi connectivity index (χ4n) is 2.37. The van der Waals surface area contributed by atoms with Crippen LogP contribution in [0.4, 0.5) is 5.69 Å². The fraction of sp³-hybridized carbons (Fsp3) is 0.500. The average Bonchev–Trinajstić information content (AvgIpc) is 2.30. The van der Waals surface area contributed by atoms with E-state index in [0.29, 0.717) is 0 Å². The van der Waals surface area contributed by atoms with E-state index in [1.54, 1.807) is 0 Å². The van der Waals surface area contributed by atoms with Gasteiger partial charge in [-0.3, -0.25) is 4.79 Å². The smallest absolute Gasteiger partial charge is 0.302 e. The van der Waals surface area contributed by atoms with E-state index >= 15 is 0 Å². The summed E-state index contributed by atoms with van der Waals surface area (Å²) in [4.78, 5) is 13.3. The molecule has 3 heteroatoms. The van der Waals surface area contributed by atoms with E-state index in [1.807, 2.05) is 0 Å². The molecule has 0 aromatic heterocycles. The van der Waals surface area contributed by atoms with Crippen molar-refractivity contribution in [1.29, 1.82) is 0 Å². The van der Waals surface area contributed by atoms with Gasteiger partial charge in [-0.25, -0.2) is 0 Å². The van der Waals surface area contributed by atoms with Gasteiger partial charge < -0.3 is 9.64 Å². The molecule has 0 unspecified atom stereocenters. The minimum Gasteiger partial charge on any atom is -0.462 e. The van der Waals surface area contributed by atoms with Crippen LogP contribution in [0.1, 0.15) is 25.3 Å². The summed E-state index contributed by atoms with van der Waals surface area (Å²) in [5, 5.41) is 0. The van der Waals surface area contributed by atoms with Crippen LogP contribution in [-0.4, -0.2) is 25.2 Å². The van der Waals surface area contributed by atoms with Crippen LogP contribution in [0.15, 0.2) is 24.3 Å². The summed E-state index contributed by atoms with van der Waals surface area (Å²) >= 11 is 0. The zero-order chi connectivity index (χ0) is 12.3. The van der Waals surface area contributed by atoms with Crippen molar-refractivity contribution in [3.63, 3.8) is 0 Å². The molecule has 92 valence electrons. The Balaban J connectivity index is 1.95. The van der Waals surface area contributed by atoms with E-state index in [9.17, 15) is 4.79 Å². The van der Waals surface area contributed by atoms with Crippen LogP contribution in [0.5, 0.6) is 0 Å². The zero-order valence-electron chi connectivity index (χ0n) is 10.5. The third kappa shape index (κ3) is 2.99. The van der Waals surface area contributed by atoms with Crippen LogP contribution in [0.2, 0.25) is 0 Å². The summed E-state index contributed by atoms with van der Waals surface area (Å²) in [6.45, 7) is 5.53. The van der Waals surface area contributed by atoms with E-state index in [4.69, 9.17) is 4.74 Å². The number of hydrogen-bond donors (Lipinski definition) is 0. The Labute approximate surface area is 102 Å².